The average Bonchev–Trinajstić information content (AvgIpc) is 2.62. The quantitative estimate of drug-likeness (QED) is 0.762. The minimum absolute atomic E-state index is 0.178. The fraction of sp³-hybridized carbons (Fsp3) is 0.150. The van der Waals surface area contributed by atoms with Crippen molar-refractivity contribution >= 4 is 23.2 Å². The monoisotopic (exact) mass is 367 g/mol. The van der Waals surface area contributed by atoms with Crippen LogP contribution in [-0.2, 0) is 6.54 Å². The molecule has 0 spiro atoms. The van der Waals surface area contributed by atoms with Crippen LogP contribution in [0, 0.1) is 13.8 Å². The lowest BCUT2D eigenvalue weighted by Gasteiger charge is -2.09. The molecule has 1 amide bonds. The molecular formula is C20H18ClN3O2. The van der Waals surface area contributed by atoms with Crippen molar-refractivity contribution in [2.24, 2.45) is 0 Å². The van der Waals surface area contributed by atoms with Gasteiger partial charge in [0.2, 0.25) is 0 Å². The van der Waals surface area contributed by atoms with Gasteiger partial charge >= 0.3 is 0 Å². The summed E-state index contributed by atoms with van der Waals surface area (Å²) in [5, 5.41) is 7.62. The van der Waals surface area contributed by atoms with Gasteiger partial charge in [-0.3, -0.25) is 9.59 Å². The van der Waals surface area contributed by atoms with Crippen LogP contribution in [0.3, 0.4) is 0 Å². The average molecular weight is 368 g/mol. The Morgan fingerprint density at radius 2 is 1.77 bits per heavy atom. The molecule has 2 aromatic carbocycles. The number of benzene rings is 2. The molecule has 0 radical (unpaired) electrons. The maximum Gasteiger partial charge on any atom is 0.276 e. The van der Waals surface area contributed by atoms with Gasteiger partial charge in [-0.25, -0.2) is 4.68 Å². The van der Waals surface area contributed by atoms with E-state index in [-0.39, 0.29) is 23.7 Å². The molecule has 3 rings (SSSR count). The highest BCUT2D eigenvalue weighted by molar-refractivity contribution is 6.30. The van der Waals surface area contributed by atoms with Crippen LogP contribution < -0.4 is 10.9 Å². The summed E-state index contributed by atoms with van der Waals surface area (Å²) in [5.74, 6) is -0.363. The highest BCUT2D eigenvalue weighted by Crippen LogP contribution is 2.15. The number of nitrogens with zero attached hydrogens (tertiary/aromatic N) is 2. The van der Waals surface area contributed by atoms with Crippen LogP contribution in [-0.4, -0.2) is 15.7 Å². The predicted molar refractivity (Wildman–Crippen MR) is 103 cm³/mol. The lowest BCUT2D eigenvalue weighted by Crippen LogP contribution is -2.26. The Morgan fingerprint density at radius 3 is 2.46 bits per heavy atom. The molecule has 0 aliphatic rings. The van der Waals surface area contributed by atoms with Crippen molar-refractivity contribution in [3.8, 4) is 0 Å². The molecule has 1 N–H and O–H groups in total. The van der Waals surface area contributed by atoms with Gasteiger partial charge in [-0.05, 0) is 60.9 Å². The van der Waals surface area contributed by atoms with Crippen molar-refractivity contribution < 1.29 is 4.79 Å². The maximum atomic E-state index is 12.5. The van der Waals surface area contributed by atoms with Crippen LogP contribution in [0.1, 0.15) is 27.2 Å². The van der Waals surface area contributed by atoms with Gasteiger partial charge in [-0.15, -0.1) is 0 Å². The van der Waals surface area contributed by atoms with E-state index in [1.165, 1.54) is 16.8 Å². The first kappa shape index (κ1) is 17.9. The Kier molecular flexibility index (Phi) is 5.19. The third-order valence-electron chi connectivity index (χ3n) is 4.11. The number of carbonyl (C=O) groups is 1. The molecule has 0 aliphatic heterocycles. The summed E-state index contributed by atoms with van der Waals surface area (Å²) < 4.78 is 1.26. The molecule has 3 aromatic rings. The Balaban J connectivity index is 1.81. The Bertz CT molecular complexity index is 1010. The van der Waals surface area contributed by atoms with Crippen LogP contribution in [0.4, 0.5) is 5.69 Å². The van der Waals surface area contributed by atoms with Crippen LogP contribution >= 0.6 is 11.6 Å². The largest absolute Gasteiger partial charge is 0.321 e. The second-order valence-electron chi connectivity index (χ2n) is 6.09. The van der Waals surface area contributed by atoms with Crippen molar-refractivity contribution in [3.63, 3.8) is 0 Å². The number of hydrogen-bond donors (Lipinski definition) is 1. The van der Waals surface area contributed by atoms with Gasteiger partial charge in [0, 0.05) is 16.8 Å². The Morgan fingerprint density at radius 1 is 1.04 bits per heavy atom. The molecule has 1 aromatic heterocycles. The second kappa shape index (κ2) is 7.54. The summed E-state index contributed by atoms with van der Waals surface area (Å²) in [6.07, 6.45) is 0. The lowest BCUT2D eigenvalue weighted by atomic mass is 10.1. The topological polar surface area (TPSA) is 64.0 Å². The van der Waals surface area contributed by atoms with Crippen molar-refractivity contribution in [2.45, 2.75) is 20.4 Å². The second-order valence-corrected chi connectivity index (χ2v) is 6.53. The molecule has 0 unspecified atom stereocenters. The van der Waals surface area contributed by atoms with Gasteiger partial charge in [0.25, 0.3) is 11.5 Å². The minimum atomic E-state index is -0.363. The van der Waals surface area contributed by atoms with Crippen LogP contribution in [0.15, 0.2) is 59.4 Å². The van der Waals surface area contributed by atoms with Crippen LogP contribution in [0.5, 0.6) is 0 Å². The molecule has 0 aliphatic carbocycles. The van der Waals surface area contributed by atoms with E-state index in [9.17, 15) is 9.59 Å². The predicted octanol–water partition coefficient (Wildman–Crippen LogP) is 3.81. The molecule has 0 atom stereocenters. The molecule has 0 saturated heterocycles. The number of halogens is 1. The number of nitrogens with one attached hydrogen (secondary N) is 1. The summed E-state index contributed by atoms with van der Waals surface area (Å²) >= 11 is 5.87. The van der Waals surface area contributed by atoms with E-state index < -0.39 is 0 Å². The zero-order valence-corrected chi connectivity index (χ0v) is 15.2. The summed E-state index contributed by atoms with van der Waals surface area (Å²) in [5.41, 5.74) is 3.70. The summed E-state index contributed by atoms with van der Waals surface area (Å²) in [7, 11) is 0. The lowest BCUT2D eigenvalue weighted by molar-refractivity contribution is 0.102. The minimum Gasteiger partial charge on any atom is -0.321 e. The first-order valence-electron chi connectivity index (χ1n) is 8.13. The van der Waals surface area contributed by atoms with E-state index in [2.05, 4.69) is 10.4 Å². The highest BCUT2D eigenvalue weighted by atomic mass is 35.5. The summed E-state index contributed by atoms with van der Waals surface area (Å²) in [6, 6.07) is 15.6. The number of aryl methyl sites for hydroxylation is 2. The van der Waals surface area contributed by atoms with Crippen molar-refractivity contribution in [2.75, 3.05) is 5.32 Å². The SMILES string of the molecule is Cc1ccc(NC(=O)c2ccc(=O)n(Cc3ccc(Cl)cc3)n2)cc1C. The van der Waals surface area contributed by atoms with E-state index in [0.717, 1.165) is 16.7 Å². The van der Waals surface area contributed by atoms with E-state index in [1.807, 2.05) is 44.2 Å². The fourth-order valence-electron chi connectivity index (χ4n) is 2.46. The molecular weight excluding hydrogens is 350 g/mol. The van der Waals surface area contributed by atoms with Gasteiger partial charge in [0.1, 0.15) is 5.69 Å². The molecule has 0 fully saturated rings. The first-order chi connectivity index (χ1) is 12.4. The fourth-order valence-corrected chi connectivity index (χ4v) is 2.59. The van der Waals surface area contributed by atoms with Crippen LogP contribution in [0.2, 0.25) is 5.02 Å². The standard InChI is InChI=1S/C20H18ClN3O2/c1-13-3-8-17(11-14(13)2)22-20(26)18-9-10-19(25)24(23-18)12-15-4-6-16(21)7-5-15/h3-11H,12H2,1-2H3,(H,22,26). The van der Waals surface area contributed by atoms with Crippen molar-refractivity contribution in [1.82, 2.24) is 9.78 Å². The number of rotatable bonds is 4. The highest BCUT2D eigenvalue weighted by Gasteiger charge is 2.11. The zero-order valence-electron chi connectivity index (χ0n) is 14.5. The smallest absolute Gasteiger partial charge is 0.276 e. The van der Waals surface area contributed by atoms with E-state index in [1.54, 1.807) is 12.1 Å². The van der Waals surface area contributed by atoms with E-state index in [0.29, 0.717) is 10.7 Å². The van der Waals surface area contributed by atoms with Gasteiger partial charge in [-0.1, -0.05) is 29.8 Å². The van der Waals surface area contributed by atoms with Gasteiger partial charge in [0.05, 0.1) is 6.54 Å². The Labute approximate surface area is 156 Å². The number of aromatic nitrogens is 2. The molecule has 5 nitrogen and oxygen atoms in total. The number of anilines is 1. The number of carbonyl (C=O) groups excluding carboxylic acids is 1. The summed E-state index contributed by atoms with van der Waals surface area (Å²) in [6.45, 7) is 4.26. The molecule has 0 saturated carbocycles. The van der Waals surface area contributed by atoms with E-state index in [4.69, 9.17) is 11.6 Å². The molecule has 1 heterocycles. The molecule has 26 heavy (non-hydrogen) atoms. The maximum absolute atomic E-state index is 12.5. The first-order valence-corrected chi connectivity index (χ1v) is 8.51. The number of hydrogen-bond acceptors (Lipinski definition) is 3. The third kappa shape index (κ3) is 4.18. The normalized spacial score (nSPS) is 10.6. The molecule has 132 valence electrons. The Hall–Kier alpha value is -2.92. The third-order valence-corrected chi connectivity index (χ3v) is 4.36. The summed E-state index contributed by atoms with van der Waals surface area (Å²) in [4.78, 5) is 24.5. The number of amides is 1. The zero-order chi connectivity index (χ0) is 18.7. The molecule has 6 heteroatoms. The van der Waals surface area contributed by atoms with Gasteiger partial charge < -0.3 is 5.32 Å². The van der Waals surface area contributed by atoms with E-state index >= 15 is 0 Å². The van der Waals surface area contributed by atoms with Gasteiger partial charge in [-0.2, -0.15) is 5.10 Å². The van der Waals surface area contributed by atoms with Crippen molar-refractivity contribution in [3.05, 3.63) is 92.4 Å². The molecule has 0 bridgehead atoms. The van der Waals surface area contributed by atoms with Gasteiger partial charge in [0.15, 0.2) is 0 Å². The van der Waals surface area contributed by atoms with Crippen molar-refractivity contribution in [1.29, 1.82) is 0 Å². The van der Waals surface area contributed by atoms with Crippen LogP contribution in [0.25, 0.3) is 0 Å².